The van der Waals surface area contributed by atoms with Gasteiger partial charge in [-0.1, -0.05) is 6.07 Å². The second-order valence-electron chi connectivity index (χ2n) is 3.75. The molecule has 4 heteroatoms. The SMILES string of the molecule is CC(OCc1cccnc1)c1cncc(Br)c1. The molecule has 0 radical (unpaired) electrons. The van der Waals surface area contributed by atoms with Crippen molar-refractivity contribution in [1.29, 1.82) is 0 Å². The van der Waals surface area contributed by atoms with Gasteiger partial charge in [0, 0.05) is 29.3 Å². The van der Waals surface area contributed by atoms with Gasteiger partial charge in [0.05, 0.1) is 12.7 Å². The first kappa shape index (κ1) is 12.2. The zero-order chi connectivity index (χ0) is 12.1. The highest BCUT2D eigenvalue weighted by molar-refractivity contribution is 9.10. The summed E-state index contributed by atoms with van der Waals surface area (Å²) >= 11 is 3.40. The van der Waals surface area contributed by atoms with E-state index in [0.29, 0.717) is 6.61 Å². The van der Waals surface area contributed by atoms with Gasteiger partial charge in [0.15, 0.2) is 0 Å². The van der Waals surface area contributed by atoms with Crippen LogP contribution in [0.2, 0.25) is 0 Å². The third-order valence-corrected chi connectivity index (χ3v) is 2.85. The number of hydrogen-bond acceptors (Lipinski definition) is 3. The third kappa shape index (κ3) is 3.61. The molecule has 0 spiro atoms. The quantitative estimate of drug-likeness (QED) is 0.865. The fourth-order valence-corrected chi connectivity index (χ4v) is 1.83. The maximum Gasteiger partial charge on any atom is 0.0816 e. The zero-order valence-corrected chi connectivity index (χ0v) is 11.1. The molecule has 0 bridgehead atoms. The lowest BCUT2D eigenvalue weighted by Gasteiger charge is -2.13. The second-order valence-corrected chi connectivity index (χ2v) is 4.67. The van der Waals surface area contributed by atoms with Crippen LogP contribution < -0.4 is 0 Å². The summed E-state index contributed by atoms with van der Waals surface area (Å²) in [4.78, 5) is 8.17. The molecule has 0 amide bonds. The normalized spacial score (nSPS) is 12.4. The first-order valence-corrected chi connectivity index (χ1v) is 6.16. The molecule has 1 atom stereocenters. The van der Waals surface area contributed by atoms with E-state index in [1.165, 1.54) is 0 Å². The van der Waals surface area contributed by atoms with Crippen molar-refractivity contribution in [1.82, 2.24) is 9.97 Å². The van der Waals surface area contributed by atoms with Crippen LogP contribution >= 0.6 is 15.9 Å². The maximum absolute atomic E-state index is 5.77. The van der Waals surface area contributed by atoms with Gasteiger partial charge < -0.3 is 4.74 Å². The molecule has 17 heavy (non-hydrogen) atoms. The van der Waals surface area contributed by atoms with Gasteiger partial charge in [-0.3, -0.25) is 9.97 Å². The summed E-state index contributed by atoms with van der Waals surface area (Å²) in [5, 5.41) is 0. The van der Waals surface area contributed by atoms with E-state index >= 15 is 0 Å². The minimum Gasteiger partial charge on any atom is -0.369 e. The standard InChI is InChI=1S/C13H13BrN2O/c1-10(12-5-13(14)8-16-7-12)17-9-11-3-2-4-15-6-11/h2-8,10H,9H2,1H3. The number of aromatic nitrogens is 2. The monoisotopic (exact) mass is 292 g/mol. The molecule has 0 aromatic carbocycles. The van der Waals surface area contributed by atoms with Crippen molar-refractivity contribution in [3.05, 3.63) is 58.6 Å². The topological polar surface area (TPSA) is 35.0 Å². The Morgan fingerprint density at radius 1 is 1.29 bits per heavy atom. The summed E-state index contributed by atoms with van der Waals surface area (Å²) in [7, 11) is 0. The van der Waals surface area contributed by atoms with Crippen LogP contribution in [0.1, 0.15) is 24.2 Å². The molecule has 0 aliphatic carbocycles. The van der Waals surface area contributed by atoms with Crippen LogP contribution in [-0.4, -0.2) is 9.97 Å². The Kier molecular flexibility index (Phi) is 4.23. The Bertz CT molecular complexity index is 476. The van der Waals surface area contributed by atoms with Crippen LogP contribution in [0.3, 0.4) is 0 Å². The summed E-state index contributed by atoms with van der Waals surface area (Å²) in [5.74, 6) is 0. The van der Waals surface area contributed by atoms with E-state index < -0.39 is 0 Å². The van der Waals surface area contributed by atoms with E-state index in [9.17, 15) is 0 Å². The molecular weight excluding hydrogens is 280 g/mol. The highest BCUT2D eigenvalue weighted by atomic mass is 79.9. The van der Waals surface area contributed by atoms with Crippen LogP contribution in [0.5, 0.6) is 0 Å². The molecule has 3 nitrogen and oxygen atoms in total. The molecule has 2 aromatic heterocycles. The maximum atomic E-state index is 5.77. The molecule has 2 aromatic rings. The predicted molar refractivity (Wildman–Crippen MR) is 69.4 cm³/mol. The lowest BCUT2D eigenvalue weighted by atomic mass is 10.2. The van der Waals surface area contributed by atoms with E-state index in [1.54, 1.807) is 12.4 Å². The Balaban J connectivity index is 1.96. The summed E-state index contributed by atoms with van der Waals surface area (Å²) < 4.78 is 6.73. The van der Waals surface area contributed by atoms with Gasteiger partial charge in [-0.15, -0.1) is 0 Å². The molecule has 88 valence electrons. The van der Waals surface area contributed by atoms with Crippen LogP contribution in [0.25, 0.3) is 0 Å². The third-order valence-electron chi connectivity index (χ3n) is 2.42. The van der Waals surface area contributed by atoms with Crippen molar-refractivity contribution in [2.75, 3.05) is 0 Å². The van der Waals surface area contributed by atoms with Gasteiger partial charge in [0.1, 0.15) is 0 Å². The Morgan fingerprint density at radius 3 is 2.88 bits per heavy atom. The van der Waals surface area contributed by atoms with Crippen molar-refractivity contribution in [3.8, 4) is 0 Å². The Hall–Kier alpha value is -1.26. The first-order chi connectivity index (χ1) is 8.25. The summed E-state index contributed by atoms with van der Waals surface area (Å²) in [5.41, 5.74) is 2.13. The molecule has 0 aliphatic heterocycles. The minimum absolute atomic E-state index is 0.0141. The molecule has 1 unspecified atom stereocenters. The van der Waals surface area contributed by atoms with Crippen LogP contribution in [0.4, 0.5) is 0 Å². The van der Waals surface area contributed by atoms with Crippen molar-refractivity contribution in [2.24, 2.45) is 0 Å². The van der Waals surface area contributed by atoms with Crippen LogP contribution in [0, 0.1) is 0 Å². The minimum atomic E-state index is 0.0141. The molecule has 0 fully saturated rings. The van der Waals surface area contributed by atoms with E-state index in [1.807, 2.05) is 37.5 Å². The van der Waals surface area contributed by atoms with E-state index in [4.69, 9.17) is 4.74 Å². The lowest BCUT2D eigenvalue weighted by molar-refractivity contribution is 0.0521. The number of rotatable bonds is 4. The van der Waals surface area contributed by atoms with Gasteiger partial charge in [0.2, 0.25) is 0 Å². The zero-order valence-electron chi connectivity index (χ0n) is 9.51. The Labute approximate surface area is 109 Å². The first-order valence-electron chi connectivity index (χ1n) is 5.36. The average Bonchev–Trinajstić information content (AvgIpc) is 2.37. The van der Waals surface area contributed by atoms with Crippen molar-refractivity contribution < 1.29 is 4.74 Å². The molecule has 0 saturated carbocycles. The smallest absolute Gasteiger partial charge is 0.0816 e. The Morgan fingerprint density at radius 2 is 2.18 bits per heavy atom. The van der Waals surface area contributed by atoms with Gasteiger partial charge in [-0.05, 0) is 46.1 Å². The molecule has 2 rings (SSSR count). The molecule has 2 heterocycles. The highest BCUT2D eigenvalue weighted by Crippen LogP contribution is 2.20. The predicted octanol–water partition coefficient (Wildman–Crippen LogP) is 3.52. The van der Waals surface area contributed by atoms with Crippen molar-refractivity contribution in [3.63, 3.8) is 0 Å². The van der Waals surface area contributed by atoms with Crippen molar-refractivity contribution in [2.45, 2.75) is 19.6 Å². The summed E-state index contributed by atoms with van der Waals surface area (Å²) in [6.45, 7) is 2.57. The van der Waals surface area contributed by atoms with Crippen LogP contribution in [-0.2, 0) is 11.3 Å². The van der Waals surface area contributed by atoms with Gasteiger partial charge in [0.25, 0.3) is 0 Å². The number of hydrogen-bond donors (Lipinski definition) is 0. The highest BCUT2D eigenvalue weighted by Gasteiger charge is 2.06. The fourth-order valence-electron chi connectivity index (χ4n) is 1.45. The summed E-state index contributed by atoms with van der Waals surface area (Å²) in [6.07, 6.45) is 7.16. The van der Waals surface area contributed by atoms with Gasteiger partial charge in [-0.25, -0.2) is 0 Å². The number of ether oxygens (including phenoxy) is 1. The van der Waals surface area contributed by atoms with E-state index in [-0.39, 0.29) is 6.10 Å². The molecule has 0 N–H and O–H groups in total. The number of nitrogens with zero attached hydrogens (tertiary/aromatic N) is 2. The lowest BCUT2D eigenvalue weighted by Crippen LogP contribution is -2.01. The second kappa shape index (κ2) is 5.89. The number of pyridine rings is 2. The van der Waals surface area contributed by atoms with Crippen molar-refractivity contribution >= 4 is 15.9 Å². The van der Waals surface area contributed by atoms with E-state index in [0.717, 1.165) is 15.6 Å². The fraction of sp³-hybridized carbons (Fsp3) is 0.231. The van der Waals surface area contributed by atoms with Crippen LogP contribution in [0.15, 0.2) is 47.5 Å². The largest absolute Gasteiger partial charge is 0.369 e. The molecule has 0 aliphatic rings. The van der Waals surface area contributed by atoms with Gasteiger partial charge >= 0.3 is 0 Å². The molecule has 0 saturated heterocycles. The number of halogens is 1. The average molecular weight is 293 g/mol. The summed E-state index contributed by atoms with van der Waals surface area (Å²) in [6, 6.07) is 5.92. The molecular formula is C13H13BrN2O. The van der Waals surface area contributed by atoms with Gasteiger partial charge in [-0.2, -0.15) is 0 Å². The van der Waals surface area contributed by atoms with E-state index in [2.05, 4.69) is 25.9 Å².